The van der Waals surface area contributed by atoms with Gasteiger partial charge in [0, 0.05) is 25.1 Å². The number of anilines is 1. The molecular formula is C23H24N2O3. The largest absolute Gasteiger partial charge is 0.496 e. The summed E-state index contributed by atoms with van der Waals surface area (Å²) in [6.07, 6.45) is 0.356. The van der Waals surface area contributed by atoms with Gasteiger partial charge < -0.3 is 20.1 Å². The summed E-state index contributed by atoms with van der Waals surface area (Å²) >= 11 is 0. The third kappa shape index (κ3) is 5.51. The molecule has 0 radical (unpaired) electrons. The molecule has 0 aromatic heterocycles. The lowest BCUT2D eigenvalue weighted by atomic mass is 10.2. The van der Waals surface area contributed by atoms with E-state index in [0.717, 1.165) is 28.5 Å². The Labute approximate surface area is 165 Å². The minimum Gasteiger partial charge on any atom is -0.496 e. The van der Waals surface area contributed by atoms with Gasteiger partial charge in [-0.05, 0) is 30.3 Å². The van der Waals surface area contributed by atoms with Crippen LogP contribution in [0, 0.1) is 0 Å². The van der Waals surface area contributed by atoms with E-state index in [2.05, 4.69) is 10.6 Å². The van der Waals surface area contributed by atoms with Gasteiger partial charge in [0.25, 0.3) is 0 Å². The van der Waals surface area contributed by atoms with Crippen LogP contribution in [0.5, 0.6) is 17.2 Å². The first-order valence-corrected chi connectivity index (χ1v) is 9.20. The van der Waals surface area contributed by atoms with Crippen LogP contribution in [0.3, 0.4) is 0 Å². The molecule has 0 unspecified atom stereocenters. The van der Waals surface area contributed by atoms with Crippen LogP contribution in [0.15, 0.2) is 78.9 Å². The van der Waals surface area contributed by atoms with Gasteiger partial charge in [-0.1, -0.05) is 48.5 Å². The molecular weight excluding hydrogens is 352 g/mol. The molecule has 3 aromatic carbocycles. The summed E-state index contributed by atoms with van der Waals surface area (Å²) < 4.78 is 11.2. The van der Waals surface area contributed by atoms with Crippen molar-refractivity contribution in [3.63, 3.8) is 0 Å². The van der Waals surface area contributed by atoms with Crippen molar-refractivity contribution in [1.29, 1.82) is 0 Å². The molecule has 0 saturated carbocycles. The summed E-state index contributed by atoms with van der Waals surface area (Å²) in [6, 6.07) is 25.0. The van der Waals surface area contributed by atoms with Crippen molar-refractivity contribution in [2.45, 2.75) is 13.0 Å². The molecule has 5 heteroatoms. The zero-order chi connectivity index (χ0) is 19.6. The minimum atomic E-state index is -0.0279. The Hall–Kier alpha value is -3.47. The lowest BCUT2D eigenvalue weighted by molar-refractivity contribution is -0.121. The highest BCUT2D eigenvalue weighted by molar-refractivity contribution is 5.76. The van der Waals surface area contributed by atoms with Gasteiger partial charge in [0.15, 0.2) is 5.75 Å². The van der Waals surface area contributed by atoms with Crippen LogP contribution < -0.4 is 20.1 Å². The number of para-hydroxylation sites is 4. The van der Waals surface area contributed by atoms with Gasteiger partial charge in [0.2, 0.25) is 5.91 Å². The zero-order valence-electron chi connectivity index (χ0n) is 15.9. The maximum Gasteiger partial charge on any atom is 0.222 e. The number of hydrogen-bond acceptors (Lipinski definition) is 4. The zero-order valence-corrected chi connectivity index (χ0v) is 15.9. The van der Waals surface area contributed by atoms with Gasteiger partial charge in [-0.15, -0.1) is 0 Å². The Morgan fingerprint density at radius 2 is 1.54 bits per heavy atom. The number of rotatable bonds is 9. The topological polar surface area (TPSA) is 59.6 Å². The van der Waals surface area contributed by atoms with Gasteiger partial charge in [-0.2, -0.15) is 0 Å². The van der Waals surface area contributed by atoms with Crippen molar-refractivity contribution < 1.29 is 14.3 Å². The van der Waals surface area contributed by atoms with Gasteiger partial charge >= 0.3 is 0 Å². The molecule has 5 nitrogen and oxygen atoms in total. The van der Waals surface area contributed by atoms with Crippen LogP contribution in [0.1, 0.15) is 12.0 Å². The molecule has 0 bridgehead atoms. The molecule has 0 heterocycles. The number of carbonyl (C=O) groups excluding carboxylic acids is 1. The van der Waals surface area contributed by atoms with Crippen molar-refractivity contribution in [1.82, 2.24) is 5.32 Å². The predicted octanol–water partition coefficient (Wildman–Crippen LogP) is 4.61. The van der Waals surface area contributed by atoms with Gasteiger partial charge in [0.05, 0.1) is 12.8 Å². The van der Waals surface area contributed by atoms with Crippen molar-refractivity contribution in [2.75, 3.05) is 19.0 Å². The van der Waals surface area contributed by atoms with Crippen molar-refractivity contribution in [3.05, 3.63) is 84.4 Å². The Balaban J connectivity index is 1.49. The standard InChI is InChI=1S/C23H24N2O3/c1-27-21-13-7-5-9-18(21)17-25-23(26)15-16-24-20-12-6-8-14-22(20)28-19-10-3-2-4-11-19/h2-14,24H,15-17H2,1H3,(H,25,26). The third-order valence-electron chi connectivity index (χ3n) is 4.19. The Kier molecular flexibility index (Phi) is 6.90. The molecule has 28 heavy (non-hydrogen) atoms. The molecule has 0 aliphatic heterocycles. The molecule has 0 saturated heterocycles. The van der Waals surface area contributed by atoms with E-state index in [4.69, 9.17) is 9.47 Å². The molecule has 2 N–H and O–H groups in total. The number of amides is 1. The highest BCUT2D eigenvalue weighted by Gasteiger charge is 2.07. The predicted molar refractivity (Wildman–Crippen MR) is 111 cm³/mol. The van der Waals surface area contributed by atoms with Crippen LogP contribution in [-0.4, -0.2) is 19.6 Å². The second-order valence-corrected chi connectivity index (χ2v) is 6.18. The smallest absolute Gasteiger partial charge is 0.222 e. The number of carbonyl (C=O) groups is 1. The van der Waals surface area contributed by atoms with Gasteiger partial charge in [0.1, 0.15) is 11.5 Å². The summed E-state index contributed by atoms with van der Waals surface area (Å²) in [7, 11) is 1.62. The molecule has 0 aliphatic rings. The lowest BCUT2D eigenvalue weighted by Gasteiger charge is -2.13. The summed E-state index contributed by atoms with van der Waals surface area (Å²) in [6.45, 7) is 0.948. The Bertz CT molecular complexity index is 897. The average molecular weight is 376 g/mol. The quantitative estimate of drug-likeness (QED) is 0.573. The van der Waals surface area contributed by atoms with E-state index in [1.165, 1.54) is 0 Å². The number of hydrogen-bond donors (Lipinski definition) is 2. The van der Waals surface area contributed by atoms with E-state index in [-0.39, 0.29) is 5.91 Å². The molecule has 0 atom stereocenters. The van der Waals surface area contributed by atoms with E-state index >= 15 is 0 Å². The second-order valence-electron chi connectivity index (χ2n) is 6.18. The van der Waals surface area contributed by atoms with Crippen LogP contribution in [0.4, 0.5) is 5.69 Å². The highest BCUT2D eigenvalue weighted by Crippen LogP contribution is 2.28. The fraction of sp³-hybridized carbons (Fsp3) is 0.174. The maximum atomic E-state index is 12.2. The van der Waals surface area contributed by atoms with Crippen LogP contribution in [-0.2, 0) is 11.3 Å². The lowest BCUT2D eigenvalue weighted by Crippen LogP contribution is -2.25. The normalized spacial score (nSPS) is 10.2. The second kappa shape index (κ2) is 10.0. The first-order valence-electron chi connectivity index (χ1n) is 9.20. The summed E-state index contributed by atoms with van der Waals surface area (Å²) in [5, 5.41) is 6.20. The van der Waals surface area contributed by atoms with E-state index in [0.29, 0.717) is 19.5 Å². The average Bonchev–Trinajstić information content (AvgIpc) is 2.74. The fourth-order valence-corrected chi connectivity index (χ4v) is 2.76. The van der Waals surface area contributed by atoms with Crippen molar-refractivity contribution >= 4 is 11.6 Å². The summed E-state index contributed by atoms with van der Waals surface area (Å²) in [5.74, 6) is 2.24. The number of benzene rings is 3. The Morgan fingerprint density at radius 1 is 0.857 bits per heavy atom. The van der Waals surface area contributed by atoms with E-state index in [1.54, 1.807) is 7.11 Å². The van der Waals surface area contributed by atoms with Crippen molar-refractivity contribution in [2.24, 2.45) is 0 Å². The maximum absolute atomic E-state index is 12.2. The SMILES string of the molecule is COc1ccccc1CNC(=O)CCNc1ccccc1Oc1ccccc1. The first-order chi connectivity index (χ1) is 13.8. The fourth-order valence-electron chi connectivity index (χ4n) is 2.76. The molecule has 0 fully saturated rings. The van der Waals surface area contributed by atoms with Gasteiger partial charge in [-0.25, -0.2) is 0 Å². The molecule has 3 aromatic rings. The third-order valence-corrected chi connectivity index (χ3v) is 4.19. The monoisotopic (exact) mass is 376 g/mol. The molecule has 0 spiro atoms. The molecule has 1 amide bonds. The molecule has 144 valence electrons. The number of nitrogens with one attached hydrogen (secondary N) is 2. The number of ether oxygens (including phenoxy) is 2. The van der Waals surface area contributed by atoms with Crippen LogP contribution in [0.25, 0.3) is 0 Å². The van der Waals surface area contributed by atoms with Crippen LogP contribution in [0.2, 0.25) is 0 Å². The first kappa shape index (κ1) is 19.3. The Morgan fingerprint density at radius 3 is 2.32 bits per heavy atom. The van der Waals surface area contributed by atoms with E-state index in [1.807, 2.05) is 78.9 Å². The number of methoxy groups -OCH3 is 1. The highest BCUT2D eigenvalue weighted by atomic mass is 16.5. The van der Waals surface area contributed by atoms with E-state index < -0.39 is 0 Å². The van der Waals surface area contributed by atoms with Crippen LogP contribution >= 0.6 is 0 Å². The molecule has 3 rings (SSSR count). The summed E-state index contributed by atoms with van der Waals surface area (Å²) in [5.41, 5.74) is 1.80. The van der Waals surface area contributed by atoms with Crippen molar-refractivity contribution in [3.8, 4) is 17.2 Å². The molecule has 0 aliphatic carbocycles. The van der Waals surface area contributed by atoms with E-state index in [9.17, 15) is 4.79 Å². The minimum absolute atomic E-state index is 0.0279. The summed E-state index contributed by atoms with van der Waals surface area (Å²) in [4.78, 5) is 12.2. The van der Waals surface area contributed by atoms with Gasteiger partial charge in [-0.3, -0.25) is 4.79 Å².